The van der Waals surface area contributed by atoms with Gasteiger partial charge in [0.15, 0.2) is 0 Å². The lowest BCUT2D eigenvalue weighted by Crippen LogP contribution is -2.32. The molecule has 0 fully saturated rings. The van der Waals surface area contributed by atoms with Gasteiger partial charge in [0.1, 0.15) is 0 Å². The second-order valence-electron chi connectivity index (χ2n) is 5.47. The molecular formula is C20H19NO2S. The molecule has 1 amide bonds. The minimum Gasteiger partial charge on any atom is -0.395 e. The average molecular weight is 337 g/mol. The van der Waals surface area contributed by atoms with Crippen molar-refractivity contribution < 1.29 is 9.90 Å². The van der Waals surface area contributed by atoms with E-state index < -0.39 is 0 Å². The van der Waals surface area contributed by atoms with Crippen molar-refractivity contribution in [1.82, 2.24) is 4.90 Å². The SMILES string of the molecule is O=C(c1sccc1-c1ccccc1)N(CCO)Cc1ccccc1. The summed E-state index contributed by atoms with van der Waals surface area (Å²) in [5, 5.41) is 11.3. The summed E-state index contributed by atoms with van der Waals surface area (Å²) < 4.78 is 0. The third-order valence-corrected chi connectivity index (χ3v) is 4.72. The number of amides is 1. The summed E-state index contributed by atoms with van der Waals surface area (Å²) in [5.74, 6) is -0.0400. The van der Waals surface area contributed by atoms with Gasteiger partial charge in [-0.3, -0.25) is 4.79 Å². The van der Waals surface area contributed by atoms with Gasteiger partial charge in [0, 0.05) is 18.7 Å². The highest BCUT2D eigenvalue weighted by Gasteiger charge is 2.21. The topological polar surface area (TPSA) is 40.5 Å². The van der Waals surface area contributed by atoms with Crippen LogP contribution in [0.1, 0.15) is 15.2 Å². The highest BCUT2D eigenvalue weighted by atomic mass is 32.1. The Balaban J connectivity index is 1.87. The van der Waals surface area contributed by atoms with Gasteiger partial charge in [0.25, 0.3) is 5.91 Å². The minimum atomic E-state index is -0.0510. The summed E-state index contributed by atoms with van der Waals surface area (Å²) in [6, 6.07) is 21.7. The summed E-state index contributed by atoms with van der Waals surface area (Å²) in [6.07, 6.45) is 0. The van der Waals surface area contributed by atoms with Crippen LogP contribution in [0.5, 0.6) is 0 Å². The Morgan fingerprint density at radius 3 is 2.29 bits per heavy atom. The van der Waals surface area contributed by atoms with Gasteiger partial charge in [-0.25, -0.2) is 0 Å². The molecule has 0 saturated heterocycles. The van der Waals surface area contributed by atoms with E-state index in [1.165, 1.54) is 11.3 Å². The van der Waals surface area contributed by atoms with Crippen LogP contribution in [0.25, 0.3) is 11.1 Å². The van der Waals surface area contributed by atoms with Gasteiger partial charge in [-0.2, -0.15) is 0 Å². The Kier molecular flexibility index (Phi) is 5.41. The molecule has 3 aromatic rings. The average Bonchev–Trinajstić information content (AvgIpc) is 3.12. The maximum atomic E-state index is 13.0. The number of aliphatic hydroxyl groups excluding tert-OH is 1. The van der Waals surface area contributed by atoms with Gasteiger partial charge in [0.2, 0.25) is 0 Å². The summed E-state index contributed by atoms with van der Waals surface area (Å²) in [6.45, 7) is 0.761. The van der Waals surface area contributed by atoms with Crippen LogP contribution >= 0.6 is 11.3 Å². The fourth-order valence-corrected chi connectivity index (χ4v) is 3.52. The highest BCUT2D eigenvalue weighted by molar-refractivity contribution is 7.12. The van der Waals surface area contributed by atoms with E-state index in [1.54, 1.807) is 4.90 Å². The second-order valence-corrected chi connectivity index (χ2v) is 6.38. The zero-order valence-corrected chi connectivity index (χ0v) is 14.1. The number of carbonyl (C=O) groups excluding carboxylic acids is 1. The lowest BCUT2D eigenvalue weighted by molar-refractivity contribution is 0.0713. The second kappa shape index (κ2) is 7.90. The molecule has 3 nitrogen and oxygen atoms in total. The number of rotatable bonds is 6. The number of benzene rings is 2. The first-order chi connectivity index (χ1) is 11.8. The predicted molar refractivity (Wildman–Crippen MR) is 98.0 cm³/mol. The first-order valence-electron chi connectivity index (χ1n) is 7.86. The summed E-state index contributed by atoms with van der Waals surface area (Å²) in [5.41, 5.74) is 3.03. The zero-order chi connectivity index (χ0) is 16.8. The third kappa shape index (κ3) is 3.72. The van der Waals surface area contributed by atoms with Crippen LogP contribution in [0.3, 0.4) is 0 Å². The molecule has 2 aromatic carbocycles. The maximum absolute atomic E-state index is 13.0. The summed E-state index contributed by atoms with van der Waals surface area (Å²) in [7, 11) is 0. The number of hydrogen-bond acceptors (Lipinski definition) is 3. The van der Waals surface area contributed by atoms with Crippen molar-refractivity contribution in [3.63, 3.8) is 0 Å². The predicted octanol–water partition coefficient (Wildman–Crippen LogP) is 4.05. The molecule has 0 aliphatic rings. The van der Waals surface area contributed by atoms with Crippen molar-refractivity contribution in [2.75, 3.05) is 13.2 Å². The number of nitrogens with zero attached hydrogens (tertiary/aromatic N) is 1. The molecule has 1 heterocycles. The molecule has 24 heavy (non-hydrogen) atoms. The molecule has 0 saturated carbocycles. The molecule has 0 spiro atoms. The molecule has 0 aliphatic carbocycles. The van der Waals surface area contributed by atoms with Crippen molar-refractivity contribution in [3.8, 4) is 11.1 Å². The molecule has 0 unspecified atom stereocenters. The van der Waals surface area contributed by atoms with E-state index in [0.717, 1.165) is 16.7 Å². The Labute approximate surface area is 145 Å². The van der Waals surface area contributed by atoms with Crippen LogP contribution in [-0.2, 0) is 6.54 Å². The van der Waals surface area contributed by atoms with Crippen LogP contribution < -0.4 is 0 Å². The van der Waals surface area contributed by atoms with Crippen LogP contribution in [0, 0.1) is 0 Å². The molecule has 3 rings (SSSR count). The normalized spacial score (nSPS) is 10.5. The molecule has 0 aliphatic heterocycles. The van der Waals surface area contributed by atoms with E-state index in [0.29, 0.717) is 18.0 Å². The van der Waals surface area contributed by atoms with Crippen LogP contribution in [0.15, 0.2) is 72.1 Å². The van der Waals surface area contributed by atoms with Crippen molar-refractivity contribution in [2.24, 2.45) is 0 Å². The molecule has 0 radical (unpaired) electrons. The minimum absolute atomic E-state index is 0.0400. The van der Waals surface area contributed by atoms with Crippen molar-refractivity contribution in [3.05, 3.63) is 82.6 Å². The van der Waals surface area contributed by atoms with E-state index in [4.69, 9.17) is 0 Å². The smallest absolute Gasteiger partial charge is 0.264 e. The van der Waals surface area contributed by atoms with Crippen molar-refractivity contribution in [1.29, 1.82) is 0 Å². The van der Waals surface area contributed by atoms with Gasteiger partial charge in [-0.15, -0.1) is 11.3 Å². The number of thiophene rings is 1. The van der Waals surface area contributed by atoms with Crippen molar-refractivity contribution in [2.45, 2.75) is 6.54 Å². The first-order valence-corrected chi connectivity index (χ1v) is 8.74. The lowest BCUT2D eigenvalue weighted by atomic mass is 10.1. The van der Waals surface area contributed by atoms with Gasteiger partial charge in [0.05, 0.1) is 11.5 Å². The number of carbonyl (C=O) groups is 1. The highest BCUT2D eigenvalue weighted by Crippen LogP contribution is 2.29. The molecule has 1 aromatic heterocycles. The van der Waals surface area contributed by atoms with Gasteiger partial charge >= 0.3 is 0 Å². The summed E-state index contributed by atoms with van der Waals surface area (Å²) in [4.78, 5) is 15.4. The number of hydrogen-bond donors (Lipinski definition) is 1. The van der Waals surface area contributed by atoms with E-state index in [-0.39, 0.29) is 12.5 Å². The van der Waals surface area contributed by atoms with E-state index in [1.807, 2.05) is 72.1 Å². The molecule has 0 bridgehead atoms. The molecular weight excluding hydrogens is 318 g/mol. The fraction of sp³-hybridized carbons (Fsp3) is 0.150. The lowest BCUT2D eigenvalue weighted by Gasteiger charge is -2.22. The van der Waals surface area contributed by atoms with Gasteiger partial charge in [-0.1, -0.05) is 60.7 Å². The standard InChI is InChI=1S/C20H19NO2S/c22-13-12-21(15-16-7-3-1-4-8-16)20(23)19-18(11-14-24-19)17-9-5-2-6-10-17/h1-11,14,22H,12-13,15H2. The van der Waals surface area contributed by atoms with Crippen LogP contribution in [-0.4, -0.2) is 29.1 Å². The Morgan fingerprint density at radius 2 is 1.62 bits per heavy atom. The monoisotopic (exact) mass is 337 g/mol. The fourth-order valence-electron chi connectivity index (χ4n) is 2.64. The largest absolute Gasteiger partial charge is 0.395 e. The molecule has 0 atom stereocenters. The first kappa shape index (κ1) is 16.4. The zero-order valence-electron chi connectivity index (χ0n) is 13.3. The molecule has 122 valence electrons. The van der Waals surface area contributed by atoms with E-state index in [9.17, 15) is 9.90 Å². The quantitative estimate of drug-likeness (QED) is 0.737. The molecule has 4 heteroatoms. The van der Waals surface area contributed by atoms with Crippen LogP contribution in [0.2, 0.25) is 0 Å². The van der Waals surface area contributed by atoms with Crippen molar-refractivity contribution >= 4 is 17.2 Å². The van der Waals surface area contributed by atoms with Crippen LogP contribution in [0.4, 0.5) is 0 Å². The molecule has 1 N–H and O–H groups in total. The van der Waals surface area contributed by atoms with Gasteiger partial charge in [-0.05, 0) is 22.6 Å². The number of aliphatic hydroxyl groups is 1. The Hall–Kier alpha value is -2.43. The third-order valence-electron chi connectivity index (χ3n) is 3.82. The maximum Gasteiger partial charge on any atom is 0.264 e. The van der Waals surface area contributed by atoms with Gasteiger partial charge < -0.3 is 10.0 Å². The van der Waals surface area contributed by atoms with E-state index >= 15 is 0 Å². The summed E-state index contributed by atoms with van der Waals surface area (Å²) >= 11 is 1.44. The van der Waals surface area contributed by atoms with E-state index in [2.05, 4.69) is 0 Å². The Morgan fingerprint density at radius 1 is 0.958 bits per heavy atom. The Bertz CT molecular complexity index is 784.